The minimum atomic E-state index is -0.615. The van der Waals surface area contributed by atoms with Gasteiger partial charge in [-0.2, -0.15) is 0 Å². The van der Waals surface area contributed by atoms with Crippen LogP contribution in [0, 0.1) is 0 Å². The zero-order valence-electron chi connectivity index (χ0n) is 19.8. The molecule has 1 N–H and O–H groups in total. The van der Waals surface area contributed by atoms with Gasteiger partial charge < -0.3 is 29.3 Å². The summed E-state index contributed by atoms with van der Waals surface area (Å²) in [5, 5.41) is 18.6. The Hall–Kier alpha value is -2.80. The summed E-state index contributed by atoms with van der Waals surface area (Å²) < 4.78 is 16.6. The fraction of sp³-hybridized carbons (Fsp3) is 0.571. The minimum Gasteiger partial charge on any atom is -0.538 e. The molecule has 2 aromatic rings. The SMILES string of the molecule is CCOC(=O)c1c(NC(=O)CCSc2c([O-])on[n+]2C)sc2c1CCN(C(=O)OC(C)(C)C)C2. The number of aromatic nitrogens is 2. The lowest BCUT2D eigenvalue weighted by molar-refractivity contribution is -0.772. The zero-order chi connectivity index (χ0) is 25.0. The standard InChI is InChI=1S/C21H28N4O7S2/c1-6-30-18(27)15-12-7-9-25(20(29)31-21(2,3)4)11-13(12)34-16(15)22-14(26)8-10-33-17-19(28)32-23-24(17)5/h6-11H2,1-5H3,(H-,22,23,26,27,28). The first-order valence-electron chi connectivity index (χ1n) is 10.7. The zero-order valence-corrected chi connectivity index (χ0v) is 21.4. The van der Waals surface area contributed by atoms with Crippen LogP contribution in [-0.2, 0) is 34.3 Å². The highest BCUT2D eigenvalue weighted by atomic mass is 32.2. The van der Waals surface area contributed by atoms with E-state index in [-0.39, 0.29) is 25.5 Å². The summed E-state index contributed by atoms with van der Waals surface area (Å²) in [6.07, 6.45) is 0.122. The first kappa shape index (κ1) is 25.8. The Bertz CT molecular complexity index is 1050. The van der Waals surface area contributed by atoms with Gasteiger partial charge in [0, 0.05) is 23.6 Å². The van der Waals surface area contributed by atoms with Crippen LogP contribution in [0.15, 0.2) is 9.55 Å². The summed E-state index contributed by atoms with van der Waals surface area (Å²) in [7, 11) is 1.58. The molecular weight excluding hydrogens is 484 g/mol. The number of aryl methyl sites for hydroxylation is 1. The summed E-state index contributed by atoms with van der Waals surface area (Å²) in [4.78, 5) is 40.2. The normalized spacial score (nSPS) is 13.4. The van der Waals surface area contributed by atoms with E-state index in [1.165, 1.54) is 16.0 Å². The number of anilines is 1. The predicted molar refractivity (Wildman–Crippen MR) is 122 cm³/mol. The van der Waals surface area contributed by atoms with Crippen molar-refractivity contribution in [2.75, 3.05) is 24.2 Å². The van der Waals surface area contributed by atoms with Crippen molar-refractivity contribution in [3.63, 3.8) is 0 Å². The number of hydrogen-bond donors (Lipinski definition) is 1. The number of carbonyl (C=O) groups is 3. The van der Waals surface area contributed by atoms with Crippen LogP contribution in [0.1, 0.15) is 54.9 Å². The van der Waals surface area contributed by atoms with Crippen molar-refractivity contribution >= 4 is 46.1 Å². The van der Waals surface area contributed by atoms with E-state index < -0.39 is 23.6 Å². The van der Waals surface area contributed by atoms with Crippen LogP contribution in [0.4, 0.5) is 9.80 Å². The highest BCUT2D eigenvalue weighted by molar-refractivity contribution is 7.99. The van der Waals surface area contributed by atoms with Crippen molar-refractivity contribution in [3.8, 4) is 5.95 Å². The highest BCUT2D eigenvalue weighted by Crippen LogP contribution is 2.38. The second kappa shape index (κ2) is 10.6. The third-order valence-electron chi connectivity index (χ3n) is 4.72. The van der Waals surface area contributed by atoms with Gasteiger partial charge in [0.25, 0.3) is 5.03 Å². The van der Waals surface area contributed by atoms with E-state index in [0.717, 1.165) is 22.2 Å². The third-order valence-corrected chi connectivity index (χ3v) is 6.97. The fourth-order valence-electron chi connectivity index (χ4n) is 3.28. The first-order chi connectivity index (χ1) is 16.0. The number of carbonyl (C=O) groups excluding carboxylic acids is 3. The van der Waals surface area contributed by atoms with Crippen molar-refractivity contribution in [2.45, 2.75) is 57.7 Å². The minimum absolute atomic E-state index is 0.101. The summed E-state index contributed by atoms with van der Waals surface area (Å²) in [6.45, 7) is 7.99. The smallest absolute Gasteiger partial charge is 0.410 e. The van der Waals surface area contributed by atoms with Crippen LogP contribution in [0.2, 0.25) is 0 Å². The lowest BCUT2D eigenvalue weighted by atomic mass is 10.0. The number of nitrogens with one attached hydrogen (secondary N) is 1. The fourth-order valence-corrected chi connectivity index (χ4v) is 5.41. The Morgan fingerprint density at radius 3 is 2.71 bits per heavy atom. The van der Waals surface area contributed by atoms with Crippen LogP contribution in [0.5, 0.6) is 5.95 Å². The molecule has 0 unspecified atom stereocenters. The number of thiophene rings is 1. The van der Waals surface area contributed by atoms with Crippen LogP contribution in [0.25, 0.3) is 0 Å². The number of rotatable bonds is 7. The molecule has 3 rings (SSSR count). The Balaban J connectivity index is 1.72. The van der Waals surface area contributed by atoms with E-state index in [1.807, 2.05) is 0 Å². The maximum absolute atomic E-state index is 12.7. The molecule has 0 saturated heterocycles. The van der Waals surface area contributed by atoms with E-state index in [2.05, 4.69) is 15.1 Å². The van der Waals surface area contributed by atoms with E-state index in [0.29, 0.717) is 34.3 Å². The number of hydrogen-bond acceptors (Lipinski definition) is 10. The molecule has 0 aromatic carbocycles. The Morgan fingerprint density at radius 2 is 2.09 bits per heavy atom. The van der Waals surface area contributed by atoms with Crippen LogP contribution in [-0.4, -0.2) is 52.6 Å². The van der Waals surface area contributed by atoms with Crippen molar-refractivity contribution in [2.24, 2.45) is 7.05 Å². The highest BCUT2D eigenvalue weighted by Gasteiger charge is 2.32. The molecule has 1 aliphatic rings. The number of fused-ring (bicyclic) bond motifs is 1. The van der Waals surface area contributed by atoms with Gasteiger partial charge in [-0.15, -0.1) is 11.3 Å². The molecule has 0 bridgehead atoms. The van der Waals surface area contributed by atoms with Gasteiger partial charge in [0.1, 0.15) is 10.6 Å². The van der Waals surface area contributed by atoms with Gasteiger partial charge in [-0.1, -0.05) is 16.4 Å². The topological polar surface area (TPSA) is 138 Å². The molecule has 186 valence electrons. The number of nitrogens with zero attached hydrogens (tertiary/aromatic N) is 3. The maximum Gasteiger partial charge on any atom is 0.410 e. The molecule has 13 heteroatoms. The number of ether oxygens (including phenoxy) is 2. The van der Waals surface area contributed by atoms with Crippen molar-refractivity contribution < 1.29 is 38.2 Å². The predicted octanol–water partition coefficient (Wildman–Crippen LogP) is 2.22. The molecule has 2 aromatic heterocycles. The van der Waals surface area contributed by atoms with E-state index >= 15 is 0 Å². The second-order valence-corrected chi connectivity index (χ2v) is 10.7. The molecule has 0 aliphatic carbocycles. The summed E-state index contributed by atoms with van der Waals surface area (Å²) in [5.41, 5.74) is 0.496. The van der Waals surface area contributed by atoms with Crippen molar-refractivity contribution in [3.05, 3.63) is 16.0 Å². The van der Waals surface area contributed by atoms with E-state index in [4.69, 9.17) is 9.47 Å². The van der Waals surface area contributed by atoms with Crippen LogP contribution >= 0.6 is 23.1 Å². The molecule has 0 fully saturated rings. The van der Waals surface area contributed by atoms with E-state index in [9.17, 15) is 19.5 Å². The summed E-state index contributed by atoms with van der Waals surface area (Å²) >= 11 is 2.41. The average molecular weight is 513 g/mol. The van der Waals surface area contributed by atoms with Crippen molar-refractivity contribution in [1.82, 2.24) is 10.2 Å². The summed E-state index contributed by atoms with van der Waals surface area (Å²) in [5.74, 6) is -1.06. The molecule has 11 nitrogen and oxygen atoms in total. The number of amides is 2. The van der Waals surface area contributed by atoms with Gasteiger partial charge in [-0.3, -0.25) is 4.79 Å². The lowest BCUT2D eigenvalue weighted by Crippen LogP contribution is -2.39. The van der Waals surface area contributed by atoms with E-state index in [1.54, 1.807) is 39.6 Å². The van der Waals surface area contributed by atoms with Gasteiger partial charge >= 0.3 is 12.1 Å². The monoisotopic (exact) mass is 512 g/mol. The molecule has 3 heterocycles. The number of esters is 1. The first-order valence-corrected chi connectivity index (χ1v) is 12.6. The van der Waals surface area contributed by atoms with Gasteiger partial charge in [0.15, 0.2) is 13.0 Å². The second-order valence-electron chi connectivity index (χ2n) is 8.52. The molecule has 0 atom stereocenters. The Kier molecular flexibility index (Phi) is 8.08. The van der Waals surface area contributed by atoms with Gasteiger partial charge in [-0.05, 0) is 39.7 Å². The third kappa shape index (κ3) is 6.20. The molecule has 34 heavy (non-hydrogen) atoms. The molecular formula is C21H28N4O7S2. The van der Waals surface area contributed by atoms with Gasteiger partial charge in [0.05, 0.1) is 24.0 Å². The maximum atomic E-state index is 12.7. The largest absolute Gasteiger partial charge is 0.538 e. The molecule has 2 amide bonds. The van der Waals surface area contributed by atoms with Crippen LogP contribution < -0.4 is 15.1 Å². The Morgan fingerprint density at radius 1 is 1.35 bits per heavy atom. The molecule has 0 spiro atoms. The molecule has 1 aliphatic heterocycles. The van der Waals surface area contributed by atoms with Gasteiger partial charge in [-0.25, -0.2) is 9.59 Å². The van der Waals surface area contributed by atoms with Crippen molar-refractivity contribution in [1.29, 1.82) is 0 Å². The lowest BCUT2D eigenvalue weighted by Gasteiger charge is -2.30. The van der Waals surface area contributed by atoms with Gasteiger partial charge in [0.2, 0.25) is 5.91 Å². The molecule has 0 saturated carbocycles. The quantitative estimate of drug-likeness (QED) is 0.336. The average Bonchev–Trinajstić information content (AvgIpc) is 3.26. The van der Waals surface area contributed by atoms with Crippen LogP contribution in [0.3, 0.4) is 0 Å². The summed E-state index contributed by atoms with van der Waals surface area (Å²) in [6, 6.07) is 0. The number of thioether (sulfide) groups is 1. The molecule has 0 radical (unpaired) electrons. The Labute approximate surface area is 205 Å².